The number of carbonyl (C=O) groups excluding carboxylic acids is 2. The molecule has 6 heteroatoms. The maximum atomic E-state index is 12.1. The quantitative estimate of drug-likeness (QED) is 0.0473. The minimum absolute atomic E-state index is 0.0972. The average molecular weight is 619 g/mol. The molecule has 0 amide bonds. The molecule has 0 fully saturated rings. The van der Waals surface area contributed by atoms with Gasteiger partial charge in [-0.3, -0.25) is 9.59 Å². The molecule has 254 valence electrons. The van der Waals surface area contributed by atoms with E-state index in [0.717, 1.165) is 70.1 Å². The van der Waals surface area contributed by atoms with E-state index < -0.39 is 6.10 Å². The zero-order valence-electron chi connectivity index (χ0n) is 28.4. The highest BCUT2D eigenvalue weighted by molar-refractivity contribution is 5.70. The monoisotopic (exact) mass is 618 g/mol. The number of esters is 2. The SMILES string of the molecule is CC[C@@H](O)CC/C=C\C/C=C\C/C=C\C/C=C\CCCC(=O)O[C@@H](CO)COC(=O)CCCCCCCCCCCC(C)C. The summed E-state index contributed by atoms with van der Waals surface area (Å²) in [6, 6.07) is 0. The molecule has 0 aliphatic carbocycles. The molecule has 0 aromatic heterocycles. The van der Waals surface area contributed by atoms with Gasteiger partial charge in [0, 0.05) is 12.8 Å². The van der Waals surface area contributed by atoms with E-state index in [0.29, 0.717) is 12.8 Å². The van der Waals surface area contributed by atoms with Gasteiger partial charge in [-0.2, -0.15) is 0 Å². The van der Waals surface area contributed by atoms with Crippen LogP contribution in [0.1, 0.15) is 149 Å². The van der Waals surface area contributed by atoms with E-state index in [2.05, 4.69) is 62.5 Å². The van der Waals surface area contributed by atoms with Crippen LogP contribution in [0.5, 0.6) is 0 Å². The molecule has 2 atom stereocenters. The summed E-state index contributed by atoms with van der Waals surface area (Å²) >= 11 is 0. The van der Waals surface area contributed by atoms with Crippen molar-refractivity contribution in [3.05, 3.63) is 48.6 Å². The van der Waals surface area contributed by atoms with E-state index >= 15 is 0 Å². The highest BCUT2D eigenvalue weighted by atomic mass is 16.6. The Labute approximate surface area is 270 Å². The summed E-state index contributed by atoms with van der Waals surface area (Å²) in [5.74, 6) is 0.130. The standard InChI is InChI=1S/C38H66O6/c1-4-35(40)29-25-21-17-13-9-7-5-6-8-10-14-19-23-27-31-38(42)44-36(32-39)33-43-37(41)30-26-22-18-15-11-12-16-20-24-28-34(2)3/h6-9,14,17,19,21,34-36,39-40H,4-5,10-13,15-16,18,20,22-33H2,1-3H3/b8-6-,9-7-,19-14-,21-17-/t35-,36+/m1/s1. The second-order valence-corrected chi connectivity index (χ2v) is 12.2. The van der Waals surface area contributed by atoms with Gasteiger partial charge in [0.1, 0.15) is 6.61 Å². The third-order valence-electron chi connectivity index (χ3n) is 7.47. The van der Waals surface area contributed by atoms with Gasteiger partial charge >= 0.3 is 11.9 Å². The minimum atomic E-state index is -0.808. The lowest BCUT2D eigenvalue weighted by atomic mass is 10.0. The lowest BCUT2D eigenvalue weighted by Gasteiger charge is -2.15. The summed E-state index contributed by atoms with van der Waals surface area (Å²) in [5, 5.41) is 19.0. The fraction of sp³-hybridized carbons (Fsp3) is 0.737. The maximum absolute atomic E-state index is 12.1. The van der Waals surface area contributed by atoms with Crippen LogP contribution in [-0.4, -0.2) is 47.6 Å². The van der Waals surface area contributed by atoms with E-state index in [-0.39, 0.29) is 37.7 Å². The third-order valence-corrected chi connectivity index (χ3v) is 7.47. The summed E-state index contributed by atoms with van der Waals surface area (Å²) in [7, 11) is 0. The molecule has 44 heavy (non-hydrogen) atoms. The molecule has 0 aromatic rings. The van der Waals surface area contributed by atoms with Crippen molar-refractivity contribution in [3.63, 3.8) is 0 Å². The van der Waals surface area contributed by atoms with Gasteiger partial charge in [-0.05, 0) is 63.7 Å². The van der Waals surface area contributed by atoms with Crippen molar-refractivity contribution in [2.24, 2.45) is 5.92 Å². The van der Waals surface area contributed by atoms with Gasteiger partial charge in [0.05, 0.1) is 12.7 Å². The minimum Gasteiger partial charge on any atom is -0.462 e. The smallest absolute Gasteiger partial charge is 0.306 e. The van der Waals surface area contributed by atoms with Crippen molar-refractivity contribution in [1.29, 1.82) is 0 Å². The van der Waals surface area contributed by atoms with E-state index in [1.54, 1.807) is 0 Å². The molecular weight excluding hydrogens is 552 g/mol. The molecule has 0 rings (SSSR count). The van der Waals surface area contributed by atoms with Crippen molar-refractivity contribution in [2.45, 2.75) is 161 Å². The van der Waals surface area contributed by atoms with E-state index in [4.69, 9.17) is 9.47 Å². The Balaban J connectivity index is 3.73. The van der Waals surface area contributed by atoms with Crippen LogP contribution in [0.2, 0.25) is 0 Å². The van der Waals surface area contributed by atoms with Crippen LogP contribution in [0.25, 0.3) is 0 Å². The largest absolute Gasteiger partial charge is 0.462 e. The normalized spacial score (nSPS) is 13.6. The summed E-state index contributed by atoms with van der Waals surface area (Å²) in [5.41, 5.74) is 0. The number of hydrogen-bond donors (Lipinski definition) is 2. The molecule has 0 saturated heterocycles. The Hall–Kier alpha value is -2.18. The first-order valence-electron chi connectivity index (χ1n) is 17.6. The molecule has 0 spiro atoms. The first-order valence-corrected chi connectivity index (χ1v) is 17.6. The van der Waals surface area contributed by atoms with Crippen molar-refractivity contribution in [3.8, 4) is 0 Å². The third kappa shape index (κ3) is 31.3. The van der Waals surface area contributed by atoms with Crippen molar-refractivity contribution >= 4 is 11.9 Å². The van der Waals surface area contributed by atoms with Crippen LogP contribution in [0, 0.1) is 5.92 Å². The van der Waals surface area contributed by atoms with Gasteiger partial charge in [0.2, 0.25) is 0 Å². The van der Waals surface area contributed by atoms with Crippen molar-refractivity contribution < 1.29 is 29.3 Å². The topological polar surface area (TPSA) is 93.1 Å². The second-order valence-electron chi connectivity index (χ2n) is 12.2. The van der Waals surface area contributed by atoms with Crippen LogP contribution in [0.4, 0.5) is 0 Å². The molecular formula is C38H66O6. The summed E-state index contributed by atoms with van der Waals surface area (Å²) in [6.45, 7) is 6.10. The number of ether oxygens (including phenoxy) is 2. The molecule has 0 saturated carbocycles. The van der Waals surface area contributed by atoms with Gasteiger partial charge in [0.25, 0.3) is 0 Å². The van der Waals surface area contributed by atoms with Crippen LogP contribution in [0.3, 0.4) is 0 Å². The second kappa shape index (κ2) is 32.2. The lowest BCUT2D eigenvalue weighted by molar-refractivity contribution is -0.161. The zero-order chi connectivity index (χ0) is 32.5. The number of aliphatic hydroxyl groups is 2. The molecule has 0 aliphatic rings. The van der Waals surface area contributed by atoms with E-state index in [1.165, 1.54) is 44.9 Å². The fourth-order valence-corrected chi connectivity index (χ4v) is 4.59. The molecule has 0 unspecified atom stereocenters. The summed E-state index contributed by atoms with van der Waals surface area (Å²) < 4.78 is 10.5. The Bertz CT molecular complexity index is 782. The average Bonchev–Trinajstić information content (AvgIpc) is 3.01. The number of aliphatic hydroxyl groups excluding tert-OH is 2. The highest BCUT2D eigenvalue weighted by Crippen LogP contribution is 2.14. The van der Waals surface area contributed by atoms with E-state index in [9.17, 15) is 19.8 Å². The molecule has 2 N–H and O–H groups in total. The van der Waals surface area contributed by atoms with Crippen LogP contribution >= 0.6 is 0 Å². The molecule has 0 aromatic carbocycles. The van der Waals surface area contributed by atoms with Crippen molar-refractivity contribution in [2.75, 3.05) is 13.2 Å². The van der Waals surface area contributed by atoms with Crippen LogP contribution in [0.15, 0.2) is 48.6 Å². The molecule has 0 bridgehead atoms. The number of unbranched alkanes of at least 4 members (excludes halogenated alkanes) is 9. The van der Waals surface area contributed by atoms with Crippen LogP contribution in [-0.2, 0) is 19.1 Å². The van der Waals surface area contributed by atoms with Gasteiger partial charge < -0.3 is 19.7 Å². The molecule has 0 radical (unpaired) electrons. The Kier molecular flexibility index (Phi) is 30.6. The summed E-state index contributed by atoms with van der Waals surface area (Å²) in [4.78, 5) is 24.1. The number of carbonyl (C=O) groups is 2. The Morgan fingerprint density at radius 3 is 1.68 bits per heavy atom. The van der Waals surface area contributed by atoms with Gasteiger partial charge in [0.15, 0.2) is 6.10 Å². The first kappa shape index (κ1) is 41.8. The Morgan fingerprint density at radius 2 is 1.14 bits per heavy atom. The van der Waals surface area contributed by atoms with Crippen LogP contribution < -0.4 is 0 Å². The number of allylic oxidation sites excluding steroid dienone is 8. The maximum Gasteiger partial charge on any atom is 0.306 e. The van der Waals surface area contributed by atoms with Gasteiger partial charge in [-0.1, -0.05) is 127 Å². The summed E-state index contributed by atoms with van der Waals surface area (Å²) in [6.07, 6.45) is 35.5. The predicted molar refractivity (Wildman–Crippen MR) is 183 cm³/mol. The van der Waals surface area contributed by atoms with E-state index in [1.807, 2.05) is 6.92 Å². The molecule has 0 aliphatic heterocycles. The highest BCUT2D eigenvalue weighted by Gasteiger charge is 2.15. The molecule has 6 nitrogen and oxygen atoms in total. The zero-order valence-corrected chi connectivity index (χ0v) is 28.4. The van der Waals surface area contributed by atoms with Crippen molar-refractivity contribution in [1.82, 2.24) is 0 Å². The van der Waals surface area contributed by atoms with Gasteiger partial charge in [-0.15, -0.1) is 0 Å². The lowest BCUT2D eigenvalue weighted by Crippen LogP contribution is -2.28. The Morgan fingerprint density at radius 1 is 0.636 bits per heavy atom. The number of hydrogen-bond acceptors (Lipinski definition) is 6. The fourth-order valence-electron chi connectivity index (χ4n) is 4.59. The van der Waals surface area contributed by atoms with Gasteiger partial charge in [-0.25, -0.2) is 0 Å². The number of rotatable bonds is 30. The molecule has 0 heterocycles. The predicted octanol–water partition coefficient (Wildman–Crippen LogP) is 9.50. The first-order chi connectivity index (χ1) is 21.4.